The lowest BCUT2D eigenvalue weighted by Gasteiger charge is -2.56. The molecule has 162 valence electrons. The van der Waals surface area contributed by atoms with Crippen LogP contribution in [0.2, 0.25) is 0 Å². The summed E-state index contributed by atoms with van der Waals surface area (Å²) in [4.78, 5) is 2.09. The van der Waals surface area contributed by atoms with Crippen LogP contribution in [0.1, 0.15) is 23.6 Å². The second kappa shape index (κ2) is 8.41. The Morgan fingerprint density at radius 2 is 1.77 bits per heavy atom. The number of likely N-dealkylation sites (tertiary alicyclic amines) is 1. The first-order valence-corrected chi connectivity index (χ1v) is 9.61. The molecule has 0 unspecified atom stereocenters. The summed E-state index contributed by atoms with van der Waals surface area (Å²) in [5.41, 5.74) is 0.203. The van der Waals surface area contributed by atoms with Crippen molar-refractivity contribution in [2.45, 2.75) is 18.9 Å². The van der Waals surface area contributed by atoms with E-state index in [4.69, 9.17) is 4.74 Å². The van der Waals surface area contributed by atoms with Gasteiger partial charge in [0, 0.05) is 25.6 Å². The summed E-state index contributed by atoms with van der Waals surface area (Å²) in [7, 11) is 3.58. The Labute approximate surface area is 174 Å². The van der Waals surface area contributed by atoms with E-state index in [-0.39, 0.29) is 5.75 Å². The summed E-state index contributed by atoms with van der Waals surface area (Å²) < 4.78 is 46.6. The maximum absolute atomic E-state index is 12.5. The highest BCUT2D eigenvalue weighted by Gasteiger charge is 2.55. The molecule has 0 aliphatic carbocycles. The molecule has 0 bridgehead atoms. The van der Waals surface area contributed by atoms with E-state index in [0.29, 0.717) is 30.8 Å². The molecule has 1 aliphatic heterocycles. The van der Waals surface area contributed by atoms with E-state index < -0.39 is 17.4 Å². The standard InChI is InChI=1S/C23H26F3NO3/c1-21(15-27(2)16-21)22(28,18-9-11-20(12-10-18)30-23(24,25)26)19-8-4-6-17(14-19)7-5-13-29-3/h4-12,14,28H,13,15-16H2,1-3H3/b7-5+/t22-/m1/s1. The lowest BCUT2D eigenvalue weighted by Crippen LogP contribution is -2.63. The lowest BCUT2D eigenvalue weighted by atomic mass is 9.62. The van der Waals surface area contributed by atoms with Crippen molar-refractivity contribution in [2.24, 2.45) is 5.41 Å². The number of benzene rings is 2. The predicted octanol–water partition coefficient (Wildman–Crippen LogP) is 4.43. The van der Waals surface area contributed by atoms with Crippen molar-refractivity contribution in [3.05, 3.63) is 71.3 Å². The third kappa shape index (κ3) is 4.53. The molecule has 0 radical (unpaired) electrons. The minimum absolute atomic E-state index is 0.319. The predicted molar refractivity (Wildman–Crippen MR) is 109 cm³/mol. The lowest BCUT2D eigenvalue weighted by molar-refractivity contribution is -0.274. The van der Waals surface area contributed by atoms with Gasteiger partial charge in [0.25, 0.3) is 0 Å². The molecule has 1 atom stereocenters. The number of nitrogens with zero attached hydrogens (tertiary/aromatic N) is 1. The summed E-state index contributed by atoms with van der Waals surface area (Å²) >= 11 is 0. The van der Waals surface area contributed by atoms with E-state index in [9.17, 15) is 18.3 Å². The van der Waals surface area contributed by atoms with Crippen molar-refractivity contribution in [2.75, 3.05) is 33.9 Å². The van der Waals surface area contributed by atoms with Crippen LogP contribution in [0.3, 0.4) is 0 Å². The van der Waals surface area contributed by atoms with E-state index in [1.54, 1.807) is 7.11 Å². The molecule has 3 rings (SSSR count). The van der Waals surface area contributed by atoms with Crippen LogP contribution in [0.25, 0.3) is 6.08 Å². The summed E-state index contributed by atoms with van der Waals surface area (Å²) in [6, 6.07) is 13.0. The fourth-order valence-corrected chi connectivity index (χ4v) is 4.28. The van der Waals surface area contributed by atoms with Gasteiger partial charge in [-0.2, -0.15) is 0 Å². The van der Waals surface area contributed by atoms with Gasteiger partial charge in [-0.1, -0.05) is 49.4 Å². The van der Waals surface area contributed by atoms with Gasteiger partial charge in [0.2, 0.25) is 0 Å². The third-order valence-electron chi connectivity index (χ3n) is 5.49. The van der Waals surface area contributed by atoms with Crippen LogP contribution >= 0.6 is 0 Å². The molecule has 30 heavy (non-hydrogen) atoms. The van der Waals surface area contributed by atoms with Gasteiger partial charge in [-0.05, 0) is 41.9 Å². The van der Waals surface area contributed by atoms with Crippen LogP contribution in [-0.4, -0.2) is 50.2 Å². The quantitative estimate of drug-likeness (QED) is 0.718. The number of hydrogen-bond acceptors (Lipinski definition) is 4. The minimum atomic E-state index is -4.76. The molecule has 0 spiro atoms. The average molecular weight is 421 g/mol. The zero-order chi connectivity index (χ0) is 22.0. The fraction of sp³-hybridized carbons (Fsp3) is 0.391. The highest BCUT2D eigenvalue weighted by atomic mass is 19.4. The van der Waals surface area contributed by atoms with E-state index in [1.165, 1.54) is 24.3 Å². The van der Waals surface area contributed by atoms with E-state index in [0.717, 1.165) is 5.56 Å². The van der Waals surface area contributed by atoms with E-state index >= 15 is 0 Å². The molecule has 0 aromatic heterocycles. The minimum Gasteiger partial charge on any atom is -0.406 e. The first-order chi connectivity index (χ1) is 14.1. The Morgan fingerprint density at radius 1 is 1.10 bits per heavy atom. The highest BCUT2D eigenvalue weighted by Crippen LogP contribution is 2.50. The Balaban J connectivity index is 2.02. The van der Waals surface area contributed by atoms with Crippen molar-refractivity contribution in [3.63, 3.8) is 0 Å². The van der Waals surface area contributed by atoms with Gasteiger partial charge in [-0.25, -0.2) is 0 Å². The van der Waals surface area contributed by atoms with Crippen LogP contribution in [0.15, 0.2) is 54.6 Å². The number of methoxy groups -OCH3 is 1. The Hall–Kier alpha value is -2.35. The molecule has 2 aromatic rings. The van der Waals surface area contributed by atoms with Crippen molar-refractivity contribution in [1.82, 2.24) is 4.90 Å². The average Bonchev–Trinajstić information content (AvgIpc) is 2.66. The molecule has 2 aromatic carbocycles. The topological polar surface area (TPSA) is 41.9 Å². The first-order valence-electron chi connectivity index (χ1n) is 9.61. The molecule has 7 heteroatoms. The Morgan fingerprint density at radius 3 is 2.33 bits per heavy atom. The molecule has 0 amide bonds. The van der Waals surface area contributed by atoms with Gasteiger partial charge in [-0.3, -0.25) is 0 Å². The number of hydrogen-bond donors (Lipinski definition) is 1. The van der Waals surface area contributed by atoms with Crippen molar-refractivity contribution in [1.29, 1.82) is 0 Å². The van der Waals surface area contributed by atoms with E-state index in [2.05, 4.69) is 9.64 Å². The number of alkyl halides is 3. The van der Waals surface area contributed by atoms with Crippen molar-refractivity contribution >= 4 is 6.08 Å². The molecular weight excluding hydrogens is 395 g/mol. The van der Waals surface area contributed by atoms with Gasteiger partial charge in [-0.15, -0.1) is 13.2 Å². The maximum Gasteiger partial charge on any atom is 0.573 e. The Bertz CT molecular complexity index is 889. The monoisotopic (exact) mass is 421 g/mol. The highest BCUT2D eigenvalue weighted by molar-refractivity contribution is 5.53. The first kappa shape index (κ1) is 22.3. The summed E-state index contributed by atoms with van der Waals surface area (Å²) in [6.45, 7) is 3.75. The zero-order valence-electron chi connectivity index (χ0n) is 17.2. The molecule has 1 heterocycles. The second-order valence-electron chi connectivity index (χ2n) is 8.00. The van der Waals surface area contributed by atoms with Crippen LogP contribution in [0.4, 0.5) is 13.2 Å². The third-order valence-corrected chi connectivity index (χ3v) is 5.49. The van der Waals surface area contributed by atoms with Crippen LogP contribution < -0.4 is 4.74 Å². The molecular formula is C23H26F3NO3. The summed E-state index contributed by atoms with van der Waals surface area (Å²) in [5, 5.41) is 12.0. The Kier molecular flexibility index (Phi) is 6.26. The fourth-order valence-electron chi connectivity index (χ4n) is 4.28. The van der Waals surface area contributed by atoms with Crippen LogP contribution in [-0.2, 0) is 10.3 Å². The maximum atomic E-state index is 12.5. The van der Waals surface area contributed by atoms with Crippen molar-refractivity contribution < 1.29 is 27.8 Å². The van der Waals surface area contributed by atoms with Gasteiger partial charge in [0.05, 0.1) is 6.61 Å². The zero-order valence-corrected chi connectivity index (χ0v) is 17.2. The van der Waals surface area contributed by atoms with Gasteiger partial charge in [0.15, 0.2) is 0 Å². The normalized spacial score (nSPS) is 18.8. The molecule has 0 saturated carbocycles. The van der Waals surface area contributed by atoms with E-state index in [1.807, 2.05) is 50.4 Å². The second-order valence-corrected chi connectivity index (χ2v) is 8.00. The molecule has 4 nitrogen and oxygen atoms in total. The molecule has 1 aliphatic rings. The smallest absolute Gasteiger partial charge is 0.406 e. The number of aliphatic hydroxyl groups is 1. The molecule has 1 saturated heterocycles. The van der Waals surface area contributed by atoms with Gasteiger partial charge >= 0.3 is 6.36 Å². The number of halogens is 3. The summed E-state index contributed by atoms with van der Waals surface area (Å²) in [5.74, 6) is -0.319. The SMILES string of the molecule is COC/C=C/c1cccc([C@](O)(c2ccc(OC(F)(F)F)cc2)C2(C)CN(C)C2)c1. The number of ether oxygens (including phenoxy) is 2. The van der Waals surface area contributed by atoms with Gasteiger partial charge in [0.1, 0.15) is 11.4 Å². The molecule has 1 N–H and O–H groups in total. The van der Waals surface area contributed by atoms with Crippen LogP contribution in [0, 0.1) is 5.41 Å². The largest absolute Gasteiger partial charge is 0.573 e. The molecule has 1 fully saturated rings. The van der Waals surface area contributed by atoms with Crippen LogP contribution in [0.5, 0.6) is 5.75 Å². The summed E-state index contributed by atoms with van der Waals surface area (Å²) in [6.07, 6.45) is -0.980. The van der Waals surface area contributed by atoms with Crippen molar-refractivity contribution in [3.8, 4) is 5.75 Å². The van der Waals surface area contributed by atoms with Gasteiger partial charge < -0.3 is 19.5 Å². The number of rotatable bonds is 7.